The van der Waals surface area contributed by atoms with Gasteiger partial charge in [-0.3, -0.25) is 9.36 Å². The molecule has 4 rings (SSSR count). The highest BCUT2D eigenvalue weighted by molar-refractivity contribution is 7.10. The lowest BCUT2D eigenvalue weighted by Gasteiger charge is -2.23. The van der Waals surface area contributed by atoms with Gasteiger partial charge in [0.1, 0.15) is 18.4 Å². The lowest BCUT2D eigenvalue weighted by Crippen LogP contribution is -2.39. The second-order valence-electron chi connectivity index (χ2n) is 6.76. The van der Waals surface area contributed by atoms with Gasteiger partial charge in [0.05, 0.1) is 22.9 Å². The van der Waals surface area contributed by atoms with E-state index in [1.165, 1.54) is 28.7 Å². The number of methoxy groups -OCH3 is 1. The fourth-order valence-corrected chi connectivity index (χ4v) is 5.26. The third kappa shape index (κ3) is 4.04. The van der Waals surface area contributed by atoms with E-state index in [0.717, 1.165) is 10.4 Å². The number of hydrogen-bond donors (Lipinski definition) is 0. The van der Waals surface area contributed by atoms with Crippen molar-refractivity contribution in [1.82, 2.24) is 4.57 Å². The van der Waals surface area contributed by atoms with Gasteiger partial charge < -0.3 is 9.47 Å². The van der Waals surface area contributed by atoms with E-state index in [1.807, 2.05) is 47.9 Å². The Labute approximate surface area is 186 Å². The molecule has 3 heterocycles. The third-order valence-corrected chi connectivity index (χ3v) is 6.69. The van der Waals surface area contributed by atoms with E-state index in [2.05, 4.69) is 11.6 Å². The van der Waals surface area contributed by atoms with E-state index in [-0.39, 0.29) is 12.2 Å². The normalized spacial score (nSPS) is 15.9. The van der Waals surface area contributed by atoms with Crippen LogP contribution in [-0.4, -0.2) is 24.3 Å². The summed E-state index contributed by atoms with van der Waals surface area (Å²) >= 11 is 2.78. The molecule has 1 unspecified atom stereocenters. The van der Waals surface area contributed by atoms with Crippen molar-refractivity contribution in [3.63, 3.8) is 0 Å². The molecule has 3 aromatic rings. The summed E-state index contributed by atoms with van der Waals surface area (Å²) in [6.45, 7) is 5.45. The Morgan fingerprint density at radius 3 is 2.87 bits per heavy atom. The molecule has 0 saturated heterocycles. The number of thiazole rings is 1. The molecule has 0 bridgehead atoms. The topological polar surface area (TPSA) is 69.9 Å². The molecule has 0 amide bonds. The van der Waals surface area contributed by atoms with Gasteiger partial charge in [-0.1, -0.05) is 42.2 Å². The number of esters is 1. The minimum absolute atomic E-state index is 0.0903. The van der Waals surface area contributed by atoms with Crippen LogP contribution in [0.15, 0.2) is 75.5 Å². The van der Waals surface area contributed by atoms with Crippen molar-refractivity contribution in [3.05, 3.63) is 95.8 Å². The number of carbonyl (C=O) groups is 1. The summed E-state index contributed by atoms with van der Waals surface area (Å²) in [5.74, 6) is 0.211. The molecular formula is C23H20N2O4S2. The lowest BCUT2D eigenvalue weighted by molar-refractivity contribution is -0.138. The number of nitrogens with zero attached hydrogens (tertiary/aromatic N) is 2. The van der Waals surface area contributed by atoms with E-state index in [9.17, 15) is 9.59 Å². The number of benzene rings is 1. The zero-order valence-corrected chi connectivity index (χ0v) is 18.7. The number of allylic oxidation sites excluding steroid dienone is 1. The summed E-state index contributed by atoms with van der Waals surface area (Å²) in [4.78, 5) is 32.3. The number of fused-ring (bicyclic) bond motifs is 1. The number of aromatic nitrogens is 1. The molecule has 6 nitrogen and oxygen atoms in total. The molecule has 0 radical (unpaired) electrons. The molecule has 2 aromatic heterocycles. The highest BCUT2D eigenvalue weighted by atomic mass is 32.1. The van der Waals surface area contributed by atoms with Crippen molar-refractivity contribution in [2.75, 3.05) is 13.7 Å². The van der Waals surface area contributed by atoms with Crippen LogP contribution in [0, 0.1) is 0 Å². The molecule has 0 fully saturated rings. The highest BCUT2D eigenvalue weighted by Crippen LogP contribution is 2.33. The first-order chi connectivity index (χ1) is 15.0. The first-order valence-electron chi connectivity index (χ1n) is 9.51. The smallest absolute Gasteiger partial charge is 0.338 e. The second kappa shape index (κ2) is 8.87. The van der Waals surface area contributed by atoms with Crippen LogP contribution in [0.2, 0.25) is 0 Å². The highest BCUT2D eigenvalue weighted by Gasteiger charge is 2.33. The minimum atomic E-state index is -0.582. The zero-order chi connectivity index (χ0) is 22.0. The number of rotatable bonds is 6. The Bertz CT molecular complexity index is 1350. The zero-order valence-electron chi connectivity index (χ0n) is 17.0. The van der Waals surface area contributed by atoms with Crippen molar-refractivity contribution in [2.45, 2.75) is 13.0 Å². The Morgan fingerprint density at radius 1 is 1.32 bits per heavy atom. The molecule has 31 heavy (non-hydrogen) atoms. The van der Waals surface area contributed by atoms with Gasteiger partial charge in [-0.2, -0.15) is 0 Å². The van der Waals surface area contributed by atoms with Gasteiger partial charge in [-0.25, -0.2) is 9.79 Å². The Hall–Kier alpha value is -3.23. The number of ether oxygens (including phenoxy) is 2. The van der Waals surface area contributed by atoms with Crippen LogP contribution in [0.25, 0.3) is 6.08 Å². The van der Waals surface area contributed by atoms with Crippen LogP contribution >= 0.6 is 22.7 Å². The predicted octanol–water partition coefficient (Wildman–Crippen LogP) is 3.03. The van der Waals surface area contributed by atoms with Gasteiger partial charge in [0.15, 0.2) is 4.80 Å². The summed E-state index contributed by atoms with van der Waals surface area (Å²) in [6.07, 6.45) is 3.32. The Morgan fingerprint density at radius 2 is 2.16 bits per heavy atom. The molecule has 0 saturated carbocycles. The van der Waals surface area contributed by atoms with E-state index in [1.54, 1.807) is 18.6 Å². The largest absolute Gasteiger partial charge is 0.497 e. The molecule has 1 aromatic carbocycles. The van der Waals surface area contributed by atoms with E-state index in [0.29, 0.717) is 26.4 Å². The minimum Gasteiger partial charge on any atom is -0.497 e. The quantitative estimate of drug-likeness (QED) is 0.426. The van der Waals surface area contributed by atoms with Gasteiger partial charge in [0, 0.05) is 4.88 Å². The first-order valence-corrected chi connectivity index (χ1v) is 11.2. The summed E-state index contributed by atoms with van der Waals surface area (Å²) in [5, 5.41) is 1.92. The van der Waals surface area contributed by atoms with Crippen molar-refractivity contribution in [3.8, 4) is 5.75 Å². The Kier molecular flexibility index (Phi) is 6.01. The van der Waals surface area contributed by atoms with E-state index in [4.69, 9.17) is 9.47 Å². The maximum atomic E-state index is 13.4. The SMILES string of the molecule is C=CCOC(=O)C1=C(C)N=c2sc(=Cc3cccc(OC)c3)c(=O)n2C1c1cccs1. The van der Waals surface area contributed by atoms with Gasteiger partial charge in [-0.15, -0.1) is 11.3 Å². The molecule has 0 spiro atoms. The second-order valence-corrected chi connectivity index (χ2v) is 8.75. The summed E-state index contributed by atoms with van der Waals surface area (Å²) in [6, 6.07) is 10.7. The van der Waals surface area contributed by atoms with E-state index < -0.39 is 12.0 Å². The lowest BCUT2D eigenvalue weighted by atomic mass is 10.0. The summed E-state index contributed by atoms with van der Waals surface area (Å²) < 4.78 is 12.7. The Balaban J connectivity index is 1.90. The number of carbonyl (C=O) groups excluding carboxylic acids is 1. The standard InChI is InChI=1S/C23H20N2O4S2/c1-4-10-29-22(27)19-14(2)24-23-25(20(19)17-9-6-11-30-17)21(26)18(31-23)13-15-7-5-8-16(12-15)28-3/h4-9,11-13,20H,1,10H2,2-3H3. The van der Waals surface area contributed by atoms with Gasteiger partial charge in [0.2, 0.25) is 0 Å². The van der Waals surface area contributed by atoms with E-state index >= 15 is 0 Å². The monoisotopic (exact) mass is 452 g/mol. The average Bonchev–Trinajstić information content (AvgIpc) is 3.40. The fraction of sp³-hybridized carbons (Fsp3) is 0.174. The molecule has 1 atom stereocenters. The van der Waals surface area contributed by atoms with Crippen molar-refractivity contribution in [2.24, 2.45) is 4.99 Å². The van der Waals surface area contributed by atoms with Crippen molar-refractivity contribution < 1.29 is 14.3 Å². The molecule has 1 aliphatic heterocycles. The summed E-state index contributed by atoms with van der Waals surface area (Å²) in [5.41, 5.74) is 1.55. The average molecular weight is 453 g/mol. The molecule has 0 N–H and O–H groups in total. The maximum absolute atomic E-state index is 13.4. The van der Waals surface area contributed by atoms with Gasteiger partial charge >= 0.3 is 5.97 Å². The predicted molar refractivity (Wildman–Crippen MR) is 122 cm³/mol. The fourth-order valence-electron chi connectivity index (χ4n) is 3.39. The van der Waals surface area contributed by atoms with Crippen LogP contribution < -0.4 is 19.6 Å². The molecular weight excluding hydrogens is 432 g/mol. The molecule has 8 heteroatoms. The first kappa shape index (κ1) is 21.0. The van der Waals surface area contributed by atoms with Crippen LogP contribution in [0.4, 0.5) is 0 Å². The molecule has 0 aliphatic carbocycles. The van der Waals surface area contributed by atoms with Gasteiger partial charge in [0.25, 0.3) is 5.56 Å². The molecule has 158 valence electrons. The third-order valence-electron chi connectivity index (χ3n) is 4.78. The van der Waals surface area contributed by atoms with Crippen LogP contribution in [-0.2, 0) is 9.53 Å². The van der Waals surface area contributed by atoms with Crippen molar-refractivity contribution >= 4 is 34.7 Å². The maximum Gasteiger partial charge on any atom is 0.338 e. The summed E-state index contributed by atoms with van der Waals surface area (Å²) in [7, 11) is 1.60. The number of thiophene rings is 1. The molecule has 1 aliphatic rings. The number of hydrogen-bond acceptors (Lipinski definition) is 7. The van der Waals surface area contributed by atoms with Crippen LogP contribution in [0.3, 0.4) is 0 Å². The van der Waals surface area contributed by atoms with Crippen LogP contribution in [0.5, 0.6) is 5.75 Å². The van der Waals surface area contributed by atoms with Crippen molar-refractivity contribution in [1.29, 1.82) is 0 Å². The van der Waals surface area contributed by atoms with Gasteiger partial charge in [-0.05, 0) is 42.1 Å². The van der Waals surface area contributed by atoms with Crippen LogP contribution in [0.1, 0.15) is 23.4 Å².